The number of nitrogens with one attached hydrogen (secondary N) is 2. The Labute approximate surface area is 130 Å². The SMILES string of the molecule is CNCCC(c1ccccc1)c1c[nH]c2cccc(C#N)c12. The van der Waals surface area contributed by atoms with E-state index in [1.165, 1.54) is 11.1 Å². The van der Waals surface area contributed by atoms with E-state index in [-0.39, 0.29) is 5.92 Å². The van der Waals surface area contributed by atoms with Gasteiger partial charge >= 0.3 is 0 Å². The maximum atomic E-state index is 9.43. The number of fused-ring (bicyclic) bond motifs is 1. The lowest BCUT2D eigenvalue weighted by Gasteiger charge is -2.17. The Balaban J connectivity index is 2.14. The fourth-order valence-corrected chi connectivity index (χ4v) is 3.06. The van der Waals surface area contributed by atoms with Crippen molar-refractivity contribution in [2.24, 2.45) is 0 Å². The van der Waals surface area contributed by atoms with Gasteiger partial charge in [-0.3, -0.25) is 0 Å². The van der Waals surface area contributed by atoms with Gasteiger partial charge in [0.25, 0.3) is 0 Å². The number of benzene rings is 2. The second-order valence-corrected chi connectivity index (χ2v) is 5.44. The third-order valence-corrected chi connectivity index (χ3v) is 4.12. The Morgan fingerprint density at radius 1 is 1.14 bits per heavy atom. The summed E-state index contributed by atoms with van der Waals surface area (Å²) < 4.78 is 0. The first kappa shape index (κ1) is 14.4. The molecule has 2 N–H and O–H groups in total. The number of nitrogens with zero attached hydrogens (tertiary/aromatic N) is 1. The largest absolute Gasteiger partial charge is 0.361 e. The van der Waals surface area contributed by atoms with Crippen LogP contribution in [0.3, 0.4) is 0 Å². The average Bonchev–Trinajstić information content (AvgIpc) is 3.00. The van der Waals surface area contributed by atoms with Crippen molar-refractivity contribution in [2.75, 3.05) is 13.6 Å². The van der Waals surface area contributed by atoms with Crippen LogP contribution in [0, 0.1) is 11.3 Å². The summed E-state index contributed by atoms with van der Waals surface area (Å²) in [6, 6.07) is 18.7. The molecule has 0 radical (unpaired) electrons. The number of hydrogen-bond acceptors (Lipinski definition) is 2. The van der Waals surface area contributed by atoms with Gasteiger partial charge in [0.2, 0.25) is 0 Å². The van der Waals surface area contributed by atoms with Crippen LogP contribution in [0.1, 0.15) is 29.0 Å². The minimum absolute atomic E-state index is 0.275. The van der Waals surface area contributed by atoms with Crippen LogP contribution in [0.5, 0.6) is 0 Å². The molecule has 2 aromatic carbocycles. The van der Waals surface area contributed by atoms with Gasteiger partial charge in [-0.15, -0.1) is 0 Å². The van der Waals surface area contributed by atoms with Crippen molar-refractivity contribution >= 4 is 10.9 Å². The quantitative estimate of drug-likeness (QED) is 0.751. The lowest BCUT2D eigenvalue weighted by atomic mass is 9.87. The summed E-state index contributed by atoms with van der Waals surface area (Å²) >= 11 is 0. The van der Waals surface area contributed by atoms with Crippen molar-refractivity contribution in [3.8, 4) is 6.07 Å². The zero-order valence-corrected chi connectivity index (χ0v) is 12.6. The molecule has 0 saturated carbocycles. The molecule has 1 heterocycles. The van der Waals surface area contributed by atoms with Crippen LogP contribution < -0.4 is 5.32 Å². The van der Waals surface area contributed by atoms with E-state index in [0.717, 1.165) is 29.4 Å². The molecule has 110 valence electrons. The van der Waals surface area contributed by atoms with Crippen molar-refractivity contribution < 1.29 is 0 Å². The number of nitriles is 1. The molecule has 0 spiro atoms. The number of aromatic nitrogens is 1. The summed E-state index contributed by atoms with van der Waals surface area (Å²) in [5.41, 5.74) is 4.25. The molecule has 0 saturated heterocycles. The normalized spacial score (nSPS) is 12.2. The highest BCUT2D eigenvalue weighted by Crippen LogP contribution is 2.34. The minimum Gasteiger partial charge on any atom is -0.361 e. The van der Waals surface area contributed by atoms with Crippen LogP contribution in [-0.4, -0.2) is 18.6 Å². The fourth-order valence-electron chi connectivity index (χ4n) is 3.06. The van der Waals surface area contributed by atoms with Gasteiger partial charge in [0.15, 0.2) is 0 Å². The van der Waals surface area contributed by atoms with Crippen LogP contribution in [0.15, 0.2) is 54.7 Å². The minimum atomic E-state index is 0.275. The van der Waals surface area contributed by atoms with Crippen LogP contribution in [0.4, 0.5) is 0 Å². The van der Waals surface area contributed by atoms with E-state index in [1.807, 2.05) is 31.3 Å². The molecule has 3 heteroatoms. The Hall–Kier alpha value is -2.57. The Morgan fingerprint density at radius 3 is 2.68 bits per heavy atom. The van der Waals surface area contributed by atoms with E-state index < -0.39 is 0 Å². The molecule has 22 heavy (non-hydrogen) atoms. The van der Waals surface area contributed by atoms with Crippen LogP contribution in [0.2, 0.25) is 0 Å². The summed E-state index contributed by atoms with van der Waals surface area (Å²) in [6.45, 7) is 0.932. The van der Waals surface area contributed by atoms with Crippen molar-refractivity contribution in [2.45, 2.75) is 12.3 Å². The van der Waals surface area contributed by atoms with Crippen LogP contribution in [-0.2, 0) is 0 Å². The third-order valence-electron chi connectivity index (χ3n) is 4.12. The monoisotopic (exact) mass is 289 g/mol. The fraction of sp³-hybridized carbons (Fsp3) is 0.211. The molecule has 3 aromatic rings. The molecule has 3 nitrogen and oxygen atoms in total. The van der Waals surface area contributed by atoms with Gasteiger partial charge in [0.05, 0.1) is 11.6 Å². The predicted molar refractivity (Wildman–Crippen MR) is 89.8 cm³/mol. The molecular weight excluding hydrogens is 270 g/mol. The van der Waals surface area contributed by atoms with E-state index >= 15 is 0 Å². The molecule has 0 aliphatic heterocycles. The van der Waals surface area contributed by atoms with Crippen LogP contribution in [0.25, 0.3) is 10.9 Å². The van der Waals surface area contributed by atoms with Gasteiger partial charge in [0.1, 0.15) is 0 Å². The number of rotatable bonds is 5. The molecule has 0 amide bonds. The maximum absolute atomic E-state index is 9.43. The zero-order chi connectivity index (χ0) is 15.4. The molecule has 3 rings (SSSR count). The summed E-state index contributed by atoms with van der Waals surface area (Å²) in [5.74, 6) is 0.275. The van der Waals surface area contributed by atoms with E-state index in [1.54, 1.807) is 0 Å². The molecule has 0 bridgehead atoms. The molecule has 1 atom stereocenters. The molecular formula is C19H19N3. The van der Waals surface area contributed by atoms with Crippen molar-refractivity contribution in [1.82, 2.24) is 10.3 Å². The van der Waals surface area contributed by atoms with E-state index in [9.17, 15) is 5.26 Å². The average molecular weight is 289 g/mol. The number of hydrogen-bond donors (Lipinski definition) is 2. The number of aromatic amines is 1. The Morgan fingerprint density at radius 2 is 1.95 bits per heavy atom. The van der Waals surface area contributed by atoms with Crippen LogP contribution >= 0.6 is 0 Å². The summed E-state index contributed by atoms with van der Waals surface area (Å²) in [6.07, 6.45) is 3.05. The molecule has 0 fully saturated rings. The summed E-state index contributed by atoms with van der Waals surface area (Å²) in [7, 11) is 1.97. The summed E-state index contributed by atoms with van der Waals surface area (Å²) in [5, 5.41) is 13.7. The first-order chi connectivity index (χ1) is 10.8. The van der Waals surface area contributed by atoms with E-state index in [2.05, 4.69) is 46.8 Å². The number of H-pyrrole nitrogens is 1. The molecule has 0 aliphatic carbocycles. The second-order valence-electron chi connectivity index (χ2n) is 5.44. The van der Waals surface area contributed by atoms with Gasteiger partial charge in [-0.2, -0.15) is 5.26 Å². The zero-order valence-electron chi connectivity index (χ0n) is 12.6. The van der Waals surface area contributed by atoms with Crippen molar-refractivity contribution in [3.63, 3.8) is 0 Å². The predicted octanol–water partition coefficient (Wildman–Crippen LogP) is 3.78. The van der Waals surface area contributed by atoms with Crippen molar-refractivity contribution in [3.05, 3.63) is 71.4 Å². The smallest absolute Gasteiger partial charge is 0.0998 e. The lowest BCUT2D eigenvalue weighted by Crippen LogP contribution is -2.13. The van der Waals surface area contributed by atoms with Gasteiger partial charge in [-0.05, 0) is 43.3 Å². The maximum Gasteiger partial charge on any atom is 0.0998 e. The molecule has 0 aliphatic rings. The standard InChI is InChI=1S/C19H19N3/c1-21-11-10-16(14-6-3-2-4-7-14)17-13-22-18-9-5-8-15(12-20)19(17)18/h2-9,13,16,21-22H,10-11H2,1H3. The first-order valence-corrected chi connectivity index (χ1v) is 7.54. The third kappa shape index (κ3) is 2.61. The topological polar surface area (TPSA) is 51.6 Å². The van der Waals surface area contributed by atoms with E-state index in [4.69, 9.17) is 0 Å². The van der Waals surface area contributed by atoms with E-state index in [0.29, 0.717) is 0 Å². The molecule has 1 aromatic heterocycles. The first-order valence-electron chi connectivity index (χ1n) is 7.54. The van der Waals surface area contributed by atoms with Gasteiger partial charge < -0.3 is 10.3 Å². The van der Waals surface area contributed by atoms with Gasteiger partial charge in [-0.1, -0.05) is 36.4 Å². The Kier molecular flexibility index (Phi) is 4.22. The highest BCUT2D eigenvalue weighted by Gasteiger charge is 2.19. The highest BCUT2D eigenvalue weighted by atomic mass is 14.8. The summed E-state index contributed by atoms with van der Waals surface area (Å²) in [4.78, 5) is 3.32. The van der Waals surface area contributed by atoms with Crippen molar-refractivity contribution in [1.29, 1.82) is 5.26 Å². The lowest BCUT2D eigenvalue weighted by molar-refractivity contribution is 0.664. The Bertz CT molecular complexity index is 796. The van der Waals surface area contributed by atoms with Gasteiger partial charge in [0, 0.05) is 23.0 Å². The second kappa shape index (κ2) is 6.46. The highest BCUT2D eigenvalue weighted by molar-refractivity contribution is 5.89. The van der Waals surface area contributed by atoms with Gasteiger partial charge in [-0.25, -0.2) is 0 Å². The molecule has 1 unspecified atom stereocenters.